The summed E-state index contributed by atoms with van der Waals surface area (Å²) in [6.45, 7) is 0. The number of aromatic amines is 1. The topological polar surface area (TPSA) is 67.6 Å². The van der Waals surface area contributed by atoms with Gasteiger partial charge in [0.25, 0.3) is 5.89 Å². The minimum atomic E-state index is 0.419. The maximum absolute atomic E-state index is 5.90. The summed E-state index contributed by atoms with van der Waals surface area (Å²) in [6.07, 6.45) is 1.75. The average Bonchev–Trinajstić information content (AvgIpc) is 3.25. The highest BCUT2D eigenvalue weighted by Gasteiger charge is 2.17. The summed E-state index contributed by atoms with van der Waals surface area (Å²) in [7, 11) is 0. The van der Waals surface area contributed by atoms with Crippen LogP contribution in [0.5, 0.6) is 0 Å². The third-order valence-electron chi connectivity index (χ3n) is 3.45. The van der Waals surface area contributed by atoms with Crippen molar-refractivity contribution in [3.8, 4) is 34.1 Å². The second-order valence-corrected chi connectivity index (χ2v) is 5.38. The number of H-pyrrole nitrogens is 1. The normalized spacial score (nSPS) is 10.8. The molecule has 5 nitrogen and oxygen atoms in total. The lowest BCUT2D eigenvalue weighted by Gasteiger charge is -1.97. The SMILES string of the molecule is Clc1ccc(-c2noc(-c3c[nH]nc3-c3ccccc3)n2)cc1. The van der Waals surface area contributed by atoms with Crippen molar-refractivity contribution in [2.75, 3.05) is 0 Å². The van der Waals surface area contributed by atoms with E-state index in [1.165, 1.54) is 0 Å². The van der Waals surface area contributed by atoms with E-state index in [0.717, 1.165) is 22.4 Å². The van der Waals surface area contributed by atoms with Crippen molar-refractivity contribution in [1.29, 1.82) is 0 Å². The van der Waals surface area contributed by atoms with Crippen molar-refractivity contribution in [3.05, 3.63) is 65.8 Å². The van der Waals surface area contributed by atoms with Gasteiger partial charge in [0.2, 0.25) is 5.82 Å². The number of halogens is 1. The van der Waals surface area contributed by atoms with Gasteiger partial charge in [0, 0.05) is 22.3 Å². The first-order valence-corrected chi connectivity index (χ1v) is 7.38. The van der Waals surface area contributed by atoms with Gasteiger partial charge in [0.15, 0.2) is 0 Å². The number of nitrogens with zero attached hydrogens (tertiary/aromatic N) is 3. The molecule has 0 aliphatic carbocycles. The molecule has 112 valence electrons. The van der Waals surface area contributed by atoms with Crippen LogP contribution in [0, 0.1) is 0 Å². The maximum atomic E-state index is 5.90. The standard InChI is InChI=1S/C17H11ClN4O/c18-13-8-6-12(7-9-13)16-20-17(23-22-16)14-10-19-21-15(14)11-4-2-1-3-5-11/h1-10H,(H,19,21). The first-order chi connectivity index (χ1) is 11.3. The van der Waals surface area contributed by atoms with E-state index >= 15 is 0 Å². The van der Waals surface area contributed by atoms with Crippen molar-refractivity contribution in [3.63, 3.8) is 0 Å². The summed E-state index contributed by atoms with van der Waals surface area (Å²) in [4.78, 5) is 4.46. The average molecular weight is 323 g/mol. The van der Waals surface area contributed by atoms with E-state index in [4.69, 9.17) is 16.1 Å². The summed E-state index contributed by atoms with van der Waals surface area (Å²) in [6, 6.07) is 17.1. The molecule has 0 amide bonds. The molecule has 4 rings (SSSR count). The van der Waals surface area contributed by atoms with Gasteiger partial charge in [-0.3, -0.25) is 5.10 Å². The van der Waals surface area contributed by atoms with Crippen LogP contribution in [0.25, 0.3) is 34.1 Å². The molecule has 2 heterocycles. The lowest BCUT2D eigenvalue weighted by Crippen LogP contribution is -1.83. The van der Waals surface area contributed by atoms with Crippen LogP contribution in [-0.2, 0) is 0 Å². The Kier molecular flexibility index (Phi) is 3.40. The molecule has 0 aliphatic rings. The molecular formula is C17H11ClN4O. The van der Waals surface area contributed by atoms with Crippen LogP contribution in [0.15, 0.2) is 65.3 Å². The molecule has 1 N–H and O–H groups in total. The lowest BCUT2D eigenvalue weighted by atomic mass is 10.1. The maximum Gasteiger partial charge on any atom is 0.262 e. The minimum Gasteiger partial charge on any atom is -0.333 e. The van der Waals surface area contributed by atoms with Crippen molar-refractivity contribution in [1.82, 2.24) is 20.3 Å². The van der Waals surface area contributed by atoms with Gasteiger partial charge in [-0.05, 0) is 24.3 Å². The van der Waals surface area contributed by atoms with Crippen molar-refractivity contribution < 1.29 is 4.52 Å². The van der Waals surface area contributed by atoms with E-state index in [0.29, 0.717) is 16.7 Å². The van der Waals surface area contributed by atoms with Crippen molar-refractivity contribution in [2.45, 2.75) is 0 Å². The van der Waals surface area contributed by atoms with E-state index in [1.807, 2.05) is 42.5 Å². The quantitative estimate of drug-likeness (QED) is 0.605. The molecule has 4 aromatic rings. The van der Waals surface area contributed by atoms with E-state index in [9.17, 15) is 0 Å². The number of hydrogen-bond donors (Lipinski definition) is 1. The van der Waals surface area contributed by atoms with Crippen molar-refractivity contribution >= 4 is 11.6 Å². The number of benzene rings is 2. The van der Waals surface area contributed by atoms with E-state index in [-0.39, 0.29) is 0 Å². The second kappa shape index (κ2) is 5.70. The molecule has 0 fully saturated rings. The smallest absolute Gasteiger partial charge is 0.262 e. The zero-order valence-electron chi connectivity index (χ0n) is 11.9. The highest BCUT2D eigenvalue weighted by atomic mass is 35.5. The first-order valence-electron chi connectivity index (χ1n) is 7.00. The molecule has 0 radical (unpaired) electrons. The van der Waals surface area contributed by atoms with Crippen LogP contribution in [0.2, 0.25) is 5.02 Å². The Morgan fingerprint density at radius 2 is 1.70 bits per heavy atom. The Morgan fingerprint density at radius 1 is 0.913 bits per heavy atom. The van der Waals surface area contributed by atoms with Crippen LogP contribution in [0.1, 0.15) is 0 Å². The fourth-order valence-corrected chi connectivity index (χ4v) is 2.44. The van der Waals surface area contributed by atoms with Gasteiger partial charge < -0.3 is 4.52 Å². The third-order valence-corrected chi connectivity index (χ3v) is 3.70. The summed E-state index contributed by atoms with van der Waals surface area (Å²) in [5.41, 5.74) is 3.37. The van der Waals surface area contributed by atoms with Crippen LogP contribution >= 0.6 is 11.6 Å². The Morgan fingerprint density at radius 3 is 2.48 bits per heavy atom. The lowest BCUT2D eigenvalue weighted by molar-refractivity contribution is 0.432. The largest absolute Gasteiger partial charge is 0.333 e. The Labute approximate surface area is 136 Å². The Balaban J connectivity index is 1.73. The summed E-state index contributed by atoms with van der Waals surface area (Å²) in [5.74, 6) is 0.930. The van der Waals surface area contributed by atoms with Crippen LogP contribution < -0.4 is 0 Å². The second-order valence-electron chi connectivity index (χ2n) is 4.94. The van der Waals surface area contributed by atoms with E-state index < -0.39 is 0 Å². The molecule has 0 saturated carbocycles. The summed E-state index contributed by atoms with van der Waals surface area (Å²) >= 11 is 5.90. The minimum absolute atomic E-state index is 0.419. The van der Waals surface area contributed by atoms with Gasteiger partial charge in [-0.25, -0.2) is 0 Å². The molecule has 0 unspecified atom stereocenters. The van der Waals surface area contributed by atoms with Gasteiger partial charge in [0.1, 0.15) is 5.69 Å². The molecule has 0 saturated heterocycles. The van der Waals surface area contributed by atoms with Crippen LogP contribution in [0.3, 0.4) is 0 Å². The fraction of sp³-hybridized carbons (Fsp3) is 0. The molecule has 0 spiro atoms. The molecule has 0 atom stereocenters. The summed E-state index contributed by atoms with van der Waals surface area (Å²) < 4.78 is 5.40. The highest BCUT2D eigenvalue weighted by Crippen LogP contribution is 2.30. The predicted octanol–water partition coefficient (Wildman–Crippen LogP) is 4.45. The molecular weight excluding hydrogens is 312 g/mol. The predicted molar refractivity (Wildman–Crippen MR) is 87.8 cm³/mol. The molecule has 2 aromatic heterocycles. The van der Waals surface area contributed by atoms with Gasteiger partial charge in [0.05, 0.1) is 5.56 Å². The summed E-state index contributed by atoms with van der Waals surface area (Å²) in [5, 5.41) is 11.8. The molecule has 2 aromatic carbocycles. The fourth-order valence-electron chi connectivity index (χ4n) is 2.32. The molecule has 0 aliphatic heterocycles. The molecule has 0 bridgehead atoms. The van der Waals surface area contributed by atoms with Gasteiger partial charge in [-0.15, -0.1) is 0 Å². The zero-order valence-corrected chi connectivity index (χ0v) is 12.7. The third kappa shape index (κ3) is 2.62. The van der Waals surface area contributed by atoms with Gasteiger partial charge in [-0.1, -0.05) is 47.1 Å². The van der Waals surface area contributed by atoms with E-state index in [2.05, 4.69) is 20.3 Å². The highest BCUT2D eigenvalue weighted by molar-refractivity contribution is 6.30. The first kappa shape index (κ1) is 13.7. The van der Waals surface area contributed by atoms with Gasteiger partial charge >= 0.3 is 0 Å². The van der Waals surface area contributed by atoms with Gasteiger partial charge in [-0.2, -0.15) is 10.1 Å². The molecule has 6 heteroatoms. The van der Waals surface area contributed by atoms with Crippen molar-refractivity contribution in [2.24, 2.45) is 0 Å². The number of hydrogen-bond acceptors (Lipinski definition) is 4. The number of rotatable bonds is 3. The molecule has 23 heavy (non-hydrogen) atoms. The number of aromatic nitrogens is 4. The Bertz CT molecular complexity index is 929. The van der Waals surface area contributed by atoms with Crippen LogP contribution in [-0.4, -0.2) is 20.3 Å². The van der Waals surface area contributed by atoms with Crippen LogP contribution in [0.4, 0.5) is 0 Å². The monoisotopic (exact) mass is 322 g/mol. The van der Waals surface area contributed by atoms with E-state index in [1.54, 1.807) is 18.3 Å². The Hall–Kier alpha value is -2.92. The zero-order chi connectivity index (χ0) is 15.6. The number of nitrogens with one attached hydrogen (secondary N) is 1.